The van der Waals surface area contributed by atoms with Crippen molar-refractivity contribution in [2.24, 2.45) is 0 Å². The molecule has 0 heterocycles. The van der Waals surface area contributed by atoms with Crippen LogP contribution in [0, 0.1) is 0 Å². The molecule has 0 aliphatic heterocycles. The Bertz CT molecular complexity index is 128. The molecular formula is C9H21NO3. The van der Waals surface area contributed by atoms with Gasteiger partial charge in [0.2, 0.25) is 0 Å². The maximum atomic E-state index is 9.11. The third-order valence-corrected chi connectivity index (χ3v) is 1.64. The van der Waals surface area contributed by atoms with Gasteiger partial charge in [-0.1, -0.05) is 19.9 Å². The number of aliphatic hydroxyl groups is 1. The van der Waals surface area contributed by atoms with Crippen LogP contribution in [0.1, 0.15) is 26.2 Å². The molecule has 0 aliphatic carbocycles. The first kappa shape index (κ1) is 14.9. The highest BCUT2D eigenvalue weighted by Crippen LogP contribution is 2.08. The molecule has 0 saturated carbocycles. The lowest BCUT2D eigenvalue weighted by Crippen LogP contribution is -2.50. The summed E-state index contributed by atoms with van der Waals surface area (Å²) >= 11 is 0. The minimum atomic E-state index is -0.179. The van der Waals surface area contributed by atoms with Crippen molar-refractivity contribution in [1.29, 1.82) is 0 Å². The minimum Gasteiger partial charge on any atom is -0.870 e. The van der Waals surface area contributed by atoms with E-state index in [0.717, 1.165) is 25.8 Å². The smallest absolute Gasteiger partial charge is 0.114 e. The van der Waals surface area contributed by atoms with Crippen LogP contribution in [-0.2, 0) is 4.74 Å². The molecule has 0 aromatic rings. The zero-order valence-corrected chi connectivity index (χ0v) is 8.33. The van der Waals surface area contributed by atoms with Crippen molar-refractivity contribution in [1.82, 2.24) is 0 Å². The van der Waals surface area contributed by atoms with Crippen molar-refractivity contribution in [3.63, 3.8) is 0 Å². The van der Waals surface area contributed by atoms with Crippen molar-refractivity contribution in [2.75, 3.05) is 13.2 Å². The molecule has 0 rings (SSSR count). The Morgan fingerprint density at radius 2 is 2.23 bits per heavy atom. The molecule has 80 valence electrons. The molecule has 4 heteroatoms. The summed E-state index contributed by atoms with van der Waals surface area (Å²) in [5.41, 5.74) is 3.71. The van der Waals surface area contributed by atoms with Crippen LogP contribution < -0.4 is 5.73 Å². The van der Waals surface area contributed by atoms with E-state index < -0.39 is 0 Å². The van der Waals surface area contributed by atoms with E-state index in [9.17, 15) is 0 Å². The van der Waals surface area contributed by atoms with Gasteiger partial charge in [0, 0.05) is 6.42 Å². The minimum absolute atomic E-state index is 0. The third kappa shape index (κ3) is 7.77. The summed E-state index contributed by atoms with van der Waals surface area (Å²) in [4.78, 5) is 0. The summed E-state index contributed by atoms with van der Waals surface area (Å²) in [6, 6.07) is 0. The van der Waals surface area contributed by atoms with Gasteiger partial charge in [-0.2, -0.15) is 0 Å². The highest BCUT2D eigenvalue weighted by Gasteiger charge is 2.10. The van der Waals surface area contributed by atoms with Gasteiger partial charge in [0.15, 0.2) is 0 Å². The molecular weight excluding hydrogens is 170 g/mol. The fourth-order valence-corrected chi connectivity index (χ4v) is 0.936. The van der Waals surface area contributed by atoms with Crippen molar-refractivity contribution >= 4 is 0 Å². The van der Waals surface area contributed by atoms with Crippen LogP contribution in [0.2, 0.25) is 0 Å². The first-order valence-electron chi connectivity index (χ1n) is 4.51. The van der Waals surface area contributed by atoms with Gasteiger partial charge in [0.05, 0.1) is 13.2 Å². The monoisotopic (exact) mass is 191 g/mol. The summed E-state index contributed by atoms with van der Waals surface area (Å²) < 4.78 is 5.39. The Morgan fingerprint density at radius 3 is 2.62 bits per heavy atom. The first-order chi connectivity index (χ1) is 5.72. The summed E-state index contributed by atoms with van der Waals surface area (Å²) in [5, 5.41) is 9.11. The van der Waals surface area contributed by atoms with Crippen molar-refractivity contribution in [3.05, 3.63) is 12.3 Å². The highest BCUT2D eigenvalue weighted by molar-refractivity contribution is 4.89. The molecule has 0 aromatic carbocycles. The van der Waals surface area contributed by atoms with Crippen LogP contribution in [0.25, 0.3) is 0 Å². The predicted molar refractivity (Wildman–Crippen MR) is 50.7 cm³/mol. The lowest BCUT2D eigenvalue weighted by molar-refractivity contribution is -0.369. The maximum absolute atomic E-state index is 9.11. The van der Waals surface area contributed by atoms with Gasteiger partial charge in [-0.05, 0) is 6.42 Å². The fourth-order valence-electron chi connectivity index (χ4n) is 0.936. The molecule has 13 heavy (non-hydrogen) atoms. The van der Waals surface area contributed by atoms with E-state index in [2.05, 4.69) is 19.2 Å². The Kier molecular flexibility index (Phi) is 10.9. The lowest BCUT2D eigenvalue weighted by Gasteiger charge is -2.14. The zero-order valence-electron chi connectivity index (χ0n) is 8.33. The van der Waals surface area contributed by atoms with E-state index in [1.807, 2.05) is 0 Å². The van der Waals surface area contributed by atoms with E-state index in [0.29, 0.717) is 6.61 Å². The molecule has 0 bridgehead atoms. The topological polar surface area (TPSA) is 87.1 Å². The van der Waals surface area contributed by atoms with Gasteiger partial charge in [-0.15, -0.1) is 0 Å². The Morgan fingerprint density at radius 1 is 1.62 bits per heavy atom. The second-order valence-electron chi connectivity index (χ2n) is 2.85. The maximum Gasteiger partial charge on any atom is 0.114 e. The van der Waals surface area contributed by atoms with Crippen LogP contribution >= 0.6 is 0 Å². The molecule has 5 N–H and O–H groups in total. The number of quaternary nitrogens is 1. The lowest BCUT2D eigenvalue weighted by atomic mass is 10.2. The van der Waals surface area contributed by atoms with Gasteiger partial charge in [0.25, 0.3) is 0 Å². The predicted octanol–water partition coefficient (Wildman–Crippen LogP) is 0.699. The second kappa shape index (κ2) is 9.51. The Balaban J connectivity index is 0. The van der Waals surface area contributed by atoms with Crippen LogP contribution in [-0.4, -0.2) is 29.8 Å². The summed E-state index contributed by atoms with van der Waals surface area (Å²) in [5.74, 6) is 0.140. The van der Waals surface area contributed by atoms with Gasteiger partial charge in [0.1, 0.15) is 11.9 Å². The summed E-state index contributed by atoms with van der Waals surface area (Å²) in [7, 11) is 0. The van der Waals surface area contributed by atoms with Crippen LogP contribution in [0.5, 0.6) is 0 Å². The van der Waals surface area contributed by atoms with Crippen molar-refractivity contribution < 1.29 is 21.1 Å². The van der Waals surface area contributed by atoms with Gasteiger partial charge < -0.3 is 21.1 Å². The van der Waals surface area contributed by atoms with Crippen LogP contribution in [0.4, 0.5) is 0 Å². The number of aliphatic hydroxyl groups excluding tert-OH is 1. The Labute approximate surface area is 79.7 Å². The SMILES string of the molecule is C=C(O)C(CCC)OCCC[NH3+].[OH-]. The molecule has 0 amide bonds. The van der Waals surface area contributed by atoms with Crippen molar-refractivity contribution in [2.45, 2.75) is 32.3 Å². The number of ether oxygens (including phenoxy) is 1. The van der Waals surface area contributed by atoms with Crippen molar-refractivity contribution in [3.8, 4) is 0 Å². The zero-order chi connectivity index (χ0) is 9.40. The standard InChI is InChI=1S/C9H19NO2.H2O/c1-3-5-9(8(2)11)12-7-4-6-10;/h9,11H,2-7,10H2,1H3;1H2. The highest BCUT2D eigenvalue weighted by atomic mass is 16.5. The quantitative estimate of drug-likeness (QED) is 0.458. The van der Waals surface area contributed by atoms with E-state index in [-0.39, 0.29) is 17.3 Å². The number of rotatable bonds is 7. The number of hydrogen-bond donors (Lipinski definition) is 2. The average molecular weight is 191 g/mol. The molecule has 1 atom stereocenters. The van der Waals surface area contributed by atoms with Crippen LogP contribution in [0.15, 0.2) is 12.3 Å². The molecule has 4 nitrogen and oxygen atoms in total. The fraction of sp³-hybridized carbons (Fsp3) is 0.778. The molecule has 0 saturated heterocycles. The largest absolute Gasteiger partial charge is 0.870 e. The normalized spacial score (nSPS) is 11.8. The molecule has 0 aliphatic rings. The second-order valence-corrected chi connectivity index (χ2v) is 2.85. The molecule has 0 aromatic heterocycles. The third-order valence-electron chi connectivity index (χ3n) is 1.64. The van der Waals surface area contributed by atoms with E-state index in [1.54, 1.807) is 0 Å². The molecule has 1 unspecified atom stereocenters. The van der Waals surface area contributed by atoms with E-state index in [4.69, 9.17) is 9.84 Å². The van der Waals surface area contributed by atoms with E-state index in [1.165, 1.54) is 0 Å². The average Bonchev–Trinajstić information content (AvgIpc) is 2.03. The summed E-state index contributed by atoms with van der Waals surface area (Å²) in [6.45, 7) is 7.06. The molecule has 0 radical (unpaired) electrons. The van der Waals surface area contributed by atoms with Gasteiger partial charge in [-0.25, -0.2) is 0 Å². The van der Waals surface area contributed by atoms with Gasteiger partial charge >= 0.3 is 0 Å². The van der Waals surface area contributed by atoms with Crippen LogP contribution in [0.3, 0.4) is 0 Å². The molecule has 0 spiro atoms. The number of hydrogen-bond acceptors (Lipinski definition) is 3. The van der Waals surface area contributed by atoms with Gasteiger partial charge in [-0.3, -0.25) is 0 Å². The molecule has 0 fully saturated rings. The first-order valence-corrected chi connectivity index (χ1v) is 4.51. The summed E-state index contributed by atoms with van der Waals surface area (Å²) in [6.07, 6.45) is 2.59. The van der Waals surface area contributed by atoms with E-state index >= 15 is 0 Å². The Hall–Kier alpha value is -0.580.